The Morgan fingerprint density at radius 2 is 2.12 bits per heavy atom. The summed E-state index contributed by atoms with van der Waals surface area (Å²) in [5.74, 6) is 1.06. The summed E-state index contributed by atoms with van der Waals surface area (Å²) in [6.07, 6.45) is 1.97. The molecule has 0 radical (unpaired) electrons. The molecule has 1 aromatic heterocycles. The molecule has 2 rings (SSSR count). The second kappa shape index (κ2) is 5.32. The highest BCUT2D eigenvalue weighted by atomic mass is 16.5. The van der Waals surface area contributed by atoms with Crippen LogP contribution < -0.4 is 0 Å². The van der Waals surface area contributed by atoms with Gasteiger partial charge >= 0.3 is 0 Å². The Labute approximate surface area is 102 Å². The SMILES string of the molecule is CCOCCCc1nc2c(C)cc(C)cc2[nH]1. The largest absolute Gasteiger partial charge is 0.382 e. The Bertz CT molecular complexity index is 502. The summed E-state index contributed by atoms with van der Waals surface area (Å²) in [4.78, 5) is 8.03. The number of aryl methyl sites for hydroxylation is 3. The fourth-order valence-electron chi connectivity index (χ4n) is 2.13. The third kappa shape index (κ3) is 2.86. The average Bonchev–Trinajstić information content (AvgIpc) is 2.67. The van der Waals surface area contributed by atoms with Crippen molar-refractivity contribution < 1.29 is 4.74 Å². The van der Waals surface area contributed by atoms with Crippen LogP contribution in [0.5, 0.6) is 0 Å². The van der Waals surface area contributed by atoms with E-state index in [9.17, 15) is 0 Å². The molecule has 0 atom stereocenters. The van der Waals surface area contributed by atoms with Gasteiger partial charge in [-0.3, -0.25) is 0 Å². The zero-order valence-corrected chi connectivity index (χ0v) is 10.8. The lowest BCUT2D eigenvalue weighted by Gasteiger charge is -1.98. The molecular formula is C14H20N2O. The Hall–Kier alpha value is -1.35. The molecule has 0 aliphatic heterocycles. The molecule has 0 saturated carbocycles. The van der Waals surface area contributed by atoms with Gasteiger partial charge in [0.2, 0.25) is 0 Å². The number of H-pyrrole nitrogens is 1. The normalized spacial score (nSPS) is 11.2. The maximum absolute atomic E-state index is 5.33. The smallest absolute Gasteiger partial charge is 0.107 e. The van der Waals surface area contributed by atoms with Crippen LogP contribution >= 0.6 is 0 Å². The molecule has 0 aliphatic rings. The molecule has 2 aromatic rings. The van der Waals surface area contributed by atoms with Gasteiger partial charge in [-0.15, -0.1) is 0 Å². The van der Waals surface area contributed by atoms with Gasteiger partial charge in [-0.1, -0.05) is 6.07 Å². The fourth-order valence-corrected chi connectivity index (χ4v) is 2.13. The summed E-state index contributed by atoms with van der Waals surface area (Å²) >= 11 is 0. The minimum absolute atomic E-state index is 0.790. The first-order chi connectivity index (χ1) is 8.20. The van der Waals surface area contributed by atoms with Gasteiger partial charge in [0.05, 0.1) is 11.0 Å². The molecule has 0 amide bonds. The predicted octanol–water partition coefficient (Wildman–Crippen LogP) is 3.15. The highest BCUT2D eigenvalue weighted by molar-refractivity contribution is 5.79. The van der Waals surface area contributed by atoms with Crippen LogP contribution in [0.3, 0.4) is 0 Å². The molecule has 3 nitrogen and oxygen atoms in total. The van der Waals surface area contributed by atoms with Crippen LogP contribution in [0.2, 0.25) is 0 Å². The Kier molecular flexibility index (Phi) is 3.79. The Morgan fingerprint density at radius 1 is 1.29 bits per heavy atom. The van der Waals surface area contributed by atoms with Gasteiger partial charge in [0, 0.05) is 19.6 Å². The van der Waals surface area contributed by atoms with E-state index in [1.165, 1.54) is 11.1 Å². The summed E-state index contributed by atoms with van der Waals surface area (Å²) < 4.78 is 5.33. The average molecular weight is 232 g/mol. The van der Waals surface area contributed by atoms with Crippen molar-refractivity contribution in [3.63, 3.8) is 0 Å². The first kappa shape index (κ1) is 12.1. The van der Waals surface area contributed by atoms with E-state index in [0.29, 0.717) is 0 Å². The van der Waals surface area contributed by atoms with E-state index in [1.807, 2.05) is 6.92 Å². The number of nitrogens with one attached hydrogen (secondary N) is 1. The van der Waals surface area contributed by atoms with E-state index in [4.69, 9.17) is 4.74 Å². The van der Waals surface area contributed by atoms with Crippen LogP contribution in [0.4, 0.5) is 0 Å². The van der Waals surface area contributed by atoms with Crippen molar-refractivity contribution in [2.24, 2.45) is 0 Å². The number of imidazole rings is 1. The number of rotatable bonds is 5. The van der Waals surface area contributed by atoms with Crippen molar-refractivity contribution in [2.75, 3.05) is 13.2 Å². The van der Waals surface area contributed by atoms with E-state index < -0.39 is 0 Å². The molecular weight excluding hydrogens is 212 g/mol. The van der Waals surface area contributed by atoms with Crippen LogP contribution in [0.1, 0.15) is 30.3 Å². The number of hydrogen-bond donors (Lipinski definition) is 1. The monoisotopic (exact) mass is 232 g/mol. The molecule has 1 N–H and O–H groups in total. The highest BCUT2D eigenvalue weighted by Crippen LogP contribution is 2.18. The molecule has 0 bridgehead atoms. The maximum atomic E-state index is 5.33. The molecule has 1 aromatic carbocycles. The van der Waals surface area contributed by atoms with Crippen LogP contribution in [-0.2, 0) is 11.2 Å². The van der Waals surface area contributed by atoms with Gasteiger partial charge in [0.25, 0.3) is 0 Å². The predicted molar refractivity (Wildman–Crippen MR) is 70.4 cm³/mol. The number of fused-ring (bicyclic) bond motifs is 1. The van der Waals surface area contributed by atoms with E-state index in [-0.39, 0.29) is 0 Å². The number of nitrogens with zero attached hydrogens (tertiary/aromatic N) is 1. The molecule has 0 saturated heterocycles. The molecule has 0 spiro atoms. The van der Waals surface area contributed by atoms with Crippen molar-refractivity contribution in [3.8, 4) is 0 Å². The topological polar surface area (TPSA) is 37.9 Å². The molecule has 0 fully saturated rings. The maximum Gasteiger partial charge on any atom is 0.107 e. The lowest BCUT2D eigenvalue weighted by Crippen LogP contribution is -1.97. The molecule has 3 heteroatoms. The van der Waals surface area contributed by atoms with E-state index in [0.717, 1.165) is 42.9 Å². The number of hydrogen-bond acceptors (Lipinski definition) is 2. The van der Waals surface area contributed by atoms with Crippen molar-refractivity contribution in [3.05, 3.63) is 29.1 Å². The molecule has 0 unspecified atom stereocenters. The van der Waals surface area contributed by atoms with Crippen LogP contribution in [0.15, 0.2) is 12.1 Å². The second-order valence-corrected chi connectivity index (χ2v) is 4.46. The lowest BCUT2D eigenvalue weighted by atomic mass is 10.1. The summed E-state index contributed by atoms with van der Waals surface area (Å²) in [6, 6.07) is 4.33. The second-order valence-electron chi connectivity index (χ2n) is 4.46. The first-order valence-electron chi connectivity index (χ1n) is 6.24. The lowest BCUT2D eigenvalue weighted by molar-refractivity contribution is 0.145. The van der Waals surface area contributed by atoms with Crippen molar-refractivity contribution >= 4 is 11.0 Å². The third-order valence-corrected chi connectivity index (χ3v) is 2.88. The summed E-state index contributed by atoms with van der Waals surface area (Å²) in [5, 5.41) is 0. The molecule has 17 heavy (non-hydrogen) atoms. The van der Waals surface area contributed by atoms with Gasteiger partial charge in [0.15, 0.2) is 0 Å². The number of benzene rings is 1. The first-order valence-corrected chi connectivity index (χ1v) is 6.24. The summed E-state index contributed by atoms with van der Waals surface area (Å²) in [7, 11) is 0. The molecule has 1 heterocycles. The standard InChI is InChI=1S/C14H20N2O/c1-4-17-7-5-6-13-15-12-9-10(2)8-11(3)14(12)16-13/h8-9H,4-7H2,1-3H3,(H,15,16). The number of aromatic amines is 1. The Balaban J connectivity index is 2.12. The number of ether oxygens (including phenoxy) is 1. The minimum atomic E-state index is 0.790. The highest BCUT2D eigenvalue weighted by Gasteiger charge is 2.05. The molecule has 92 valence electrons. The van der Waals surface area contributed by atoms with Gasteiger partial charge in [-0.25, -0.2) is 4.98 Å². The van der Waals surface area contributed by atoms with E-state index >= 15 is 0 Å². The van der Waals surface area contributed by atoms with Gasteiger partial charge in [-0.05, 0) is 44.4 Å². The zero-order valence-electron chi connectivity index (χ0n) is 10.8. The van der Waals surface area contributed by atoms with E-state index in [1.54, 1.807) is 0 Å². The van der Waals surface area contributed by atoms with Crippen LogP contribution in [0.25, 0.3) is 11.0 Å². The van der Waals surface area contributed by atoms with E-state index in [2.05, 4.69) is 35.9 Å². The third-order valence-electron chi connectivity index (χ3n) is 2.88. The summed E-state index contributed by atoms with van der Waals surface area (Å²) in [5.41, 5.74) is 4.77. The van der Waals surface area contributed by atoms with Gasteiger partial charge in [0.1, 0.15) is 5.82 Å². The van der Waals surface area contributed by atoms with Crippen molar-refractivity contribution in [1.82, 2.24) is 9.97 Å². The minimum Gasteiger partial charge on any atom is -0.382 e. The Morgan fingerprint density at radius 3 is 2.88 bits per heavy atom. The van der Waals surface area contributed by atoms with Crippen molar-refractivity contribution in [2.45, 2.75) is 33.6 Å². The summed E-state index contributed by atoms with van der Waals surface area (Å²) in [6.45, 7) is 7.85. The van der Waals surface area contributed by atoms with Gasteiger partial charge < -0.3 is 9.72 Å². The zero-order chi connectivity index (χ0) is 12.3. The van der Waals surface area contributed by atoms with Crippen LogP contribution in [-0.4, -0.2) is 23.2 Å². The molecule has 0 aliphatic carbocycles. The fraction of sp³-hybridized carbons (Fsp3) is 0.500. The van der Waals surface area contributed by atoms with Crippen molar-refractivity contribution in [1.29, 1.82) is 0 Å². The number of aromatic nitrogens is 2. The quantitative estimate of drug-likeness (QED) is 0.804. The van der Waals surface area contributed by atoms with Gasteiger partial charge in [-0.2, -0.15) is 0 Å². The van der Waals surface area contributed by atoms with Crippen LogP contribution in [0, 0.1) is 13.8 Å².